The molecule has 0 bridgehead atoms. The first-order chi connectivity index (χ1) is 16.7. The summed E-state index contributed by atoms with van der Waals surface area (Å²) in [6, 6.07) is 4.56. The molecule has 35 heavy (non-hydrogen) atoms. The van der Waals surface area contributed by atoms with E-state index in [1.807, 2.05) is 0 Å². The van der Waals surface area contributed by atoms with Gasteiger partial charge in [-0.3, -0.25) is 14.5 Å². The molecule has 0 spiro atoms. The molecular weight excluding hydrogens is 470 g/mol. The van der Waals surface area contributed by atoms with Gasteiger partial charge in [0.05, 0.1) is 28.4 Å². The van der Waals surface area contributed by atoms with Crippen molar-refractivity contribution in [2.24, 2.45) is 0 Å². The Balaban J connectivity index is 1.41. The summed E-state index contributed by atoms with van der Waals surface area (Å²) in [6.45, 7) is -1.32. The summed E-state index contributed by atoms with van der Waals surface area (Å²) in [5, 5.41) is 8.13. The van der Waals surface area contributed by atoms with Crippen molar-refractivity contribution in [3.05, 3.63) is 80.8 Å². The number of alkyl halides is 3. The van der Waals surface area contributed by atoms with Crippen molar-refractivity contribution >= 4 is 16.6 Å². The lowest BCUT2D eigenvalue weighted by atomic mass is 10.0. The molecule has 0 unspecified atom stereocenters. The Labute approximate surface area is 192 Å². The van der Waals surface area contributed by atoms with Gasteiger partial charge in [0.15, 0.2) is 5.65 Å². The van der Waals surface area contributed by atoms with Crippen LogP contribution < -0.4 is 11.2 Å². The number of aromatic amines is 2. The predicted octanol–water partition coefficient (Wildman–Crippen LogP) is 3.10. The summed E-state index contributed by atoms with van der Waals surface area (Å²) in [5.74, 6) is -0.940. The first-order valence-electron chi connectivity index (χ1n) is 10.6. The molecule has 1 fully saturated rings. The second-order valence-electron chi connectivity index (χ2n) is 8.47. The van der Waals surface area contributed by atoms with Gasteiger partial charge in [0.2, 0.25) is 0 Å². The van der Waals surface area contributed by atoms with Crippen LogP contribution in [-0.4, -0.2) is 40.5 Å². The zero-order chi connectivity index (χ0) is 24.5. The van der Waals surface area contributed by atoms with Gasteiger partial charge in [-0.1, -0.05) is 0 Å². The monoisotopic (exact) mass is 485 g/mol. The van der Waals surface area contributed by atoms with E-state index in [1.54, 1.807) is 24.5 Å². The molecule has 0 aliphatic heterocycles. The van der Waals surface area contributed by atoms with Gasteiger partial charge in [-0.25, -0.2) is 18.7 Å². The number of aromatic nitrogens is 7. The maximum Gasteiger partial charge on any atom is 0.408 e. The first kappa shape index (κ1) is 21.3. The highest BCUT2D eigenvalue weighted by atomic mass is 19.4. The molecular formula is C22H15F4N7O2. The van der Waals surface area contributed by atoms with E-state index >= 15 is 0 Å². The number of rotatable bonds is 4. The summed E-state index contributed by atoms with van der Waals surface area (Å²) < 4.78 is 55.8. The fraction of sp³-hybridized carbons (Fsp3) is 0.227. The number of imidazole rings is 1. The molecule has 0 amide bonds. The van der Waals surface area contributed by atoms with Crippen LogP contribution in [0.5, 0.6) is 0 Å². The van der Waals surface area contributed by atoms with Gasteiger partial charge in [0, 0.05) is 24.2 Å². The van der Waals surface area contributed by atoms with Crippen LogP contribution in [0.25, 0.3) is 27.8 Å². The van der Waals surface area contributed by atoms with Crippen molar-refractivity contribution in [1.82, 2.24) is 34.3 Å². The molecule has 5 aromatic rings. The molecule has 178 valence electrons. The van der Waals surface area contributed by atoms with Crippen LogP contribution in [0.2, 0.25) is 0 Å². The topological polar surface area (TPSA) is 114 Å². The van der Waals surface area contributed by atoms with Gasteiger partial charge in [0.25, 0.3) is 5.56 Å². The molecule has 6 rings (SSSR count). The average Bonchev–Trinajstić information content (AvgIpc) is 3.26. The number of fused-ring (bicyclic) bond motifs is 2. The maximum atomic E-state index is 14.7. The Kier molecular flexibility index (Phi) is 4.47. The van der Waals surface area contributed by atoms with E-state index in [-0.39, 0.29) is 28.3 Å². The Morgan fingerprint density at radius 1 is 1.14 bits per heavy atom. The third-order valence-corrected chi connectivity index (χ3v) is 6.16. The van der Waals surface area contributed by atoms with Gasteiger partial charge in [-0.2, -0.15) is 23.4 Å². The van der Waals surface area contributed by atoms with Crippen LogP contribution in [-0.2, 0) is 6.54 Å². The summed E-state index contributed by atoms with van der Waals surface area (Å²) in [5.41, 5.74) is 1.13. The normalized spacial score (nSPS) is 17.9. The zero-order valence-electron chi connectivity index (χ0n) is 17.7. The highest BCUT2D eigenvalue weighted by molar-refractivity contribution is 5.80. The highest BCUT2D eigenvalue weighted by Gasteiger charge is 2.42. The van der Waals surface area contributed by atoms with Crippen molar-refractivity contribution in [3.8, 4) is 11.3 Å². The number of nitrogens with zero attached hydrogens (tertiary/aromatic N) is 5. The van der Waals surface area contributed by atoms with Crippen molar-refractivity contribution < 1.29 is 17.6 Å². The molecule has 2 N–H and O–H groups in total. The van der Waals surface area contributed by atoms with Crippen molar-refractivity contribution in [1.29, 1.82) is 0 Å². The van der Waals surface area contributed by atoms with Gasteiger partial charge in [-0.05, 0) is 42.0 Å². The van der Waals surface area contributed by atoms with E-state index in [4.69, 9.17) is 0 Å². The fourth-order valence-electron chi connectivity index (χ4n) is 4.52. The lowest BCUT2D eigenvalue weighted by Gasteiger charge is -2.10. The van der Waals surface area contributed by atoms with Crippen molar-refractivity contribution in [3.63, 3.8) is 0 Å². The van der Waals surface area contributed by atoms with Gasteiger partial charge in [-0.15, -0.1) is 0 Å². The minimum absolute atomic E-state index is 0.0225. The van der Waals surface area contributed by atoms with Crippen LogP contribution in [0.4, 0.5) is 17.6 Å². The lowest BCUT2D eigenvalue weighted by Crippen LogP contribution is -2.23. The van der Waals surface area contributed by atoms with Crippen molar-refractivity contribution in [2.75, 3.05) is 0 Å². The SMILES string of the molecule is O=c1[nH]cc(-c2cc([C@H]3C[C@@H]3c3cc(F)c4cnn(CC(F)(F)F)c4c3)c3nccn3n2)c(=O)[nH]1. The Morgan fingerprint density at radius 2 is 1.97 bits per heavy atom. The number of nitrogens with one attached hydrogen (secondary N) is 2. The zero-order valence-corrected chi connectivity index (χ0v) is 17.7. The lowest BCUT2D eigenvalue weighted by molar-refractivity contribution is -0.141. The van der Waals surface area contributed by atoms with E-state index in [9.17, 15) is 27.2 Å². The Bertz CT molecular complexity index is 1730. The van der Waals surface area contributed by atoms with E-state index < -0.39 is 29.8 Å². The second-order valence-corrected chi connectivity index (χ2v) is 8.47. The molecule has 0 radical (unpaired) electrons. The number of halogens is 4. The van der Waals surface area contributed by atoms with Crippen LogP contribution in [0, 0.1) is 5.82 Å². The fourth-order valence-corrected chi connectivity index (χ4v) is 4.52. The molecule has 2 atom stereocenters. The first-order valence-corrected chi connectivity index (χ1v) is 10.6. The third-order valence-electron chi connectivity index (χ3n) is 6.16. The highest BCUT2D eigenvalue weighted by Crippen LogP contribution is 2.56. The average molecular weight is 485 g/mol. The van der Waals surface area contributed by atoms with Crippen LogP contribution in [0.1, 0.15) is 29.4 Å². The molecule has 4 heterocycles. The van der Waals surface area contributed by atoms with E-state index in [0.29, 0.717) is 23.3 Å². The summed E-state index contributed by atoms with van der Waals surface area (Å²) in [7, 11) is 0. The van der Waals surface area contributed by atoms with E-state index in [0.717, 1.165) is 16.4 Å². The van der Waals surface area contributed by atoms with Crippen LogP contribution >= 0.6 is 0 Å². The molecule has 9 nitrogen and oxygen atoms in total. The smallest absolute Gasteiger partial charge is 0.313 e. The molecule has 1 aliphatic rings. The Morgan fingerprint density at radius 3 is 2.74 bits per heavy atom. The largest absolute Gasteiger partial charge is 0.408 e. The number of H-pyrrole nitrogens is 2. The number of hydrogen-bond acceptors (Lipinski definition) is 5. The van der Waals surface area contributed by atoms with Gasteiger partial charge in [0.1, 0.15) is 12.4 Å². The molecule has 13 heteroatoms. The molecule has 1 aliphatic carbocycles. The third kappa shape index (κ3) is 3.68. The number of hydrogen-bond donors (Lipinski definition) is 2. The number of benzene rings is 1. The standard InChI is InChI=1S/C22H15F4N7O2/c23-16-3-10(4-18-14(16)8-29-33(18)9-22(24,25)26)11-5-12(11)13-6-17(31-32-2-1-27-19(13)32)15-7-28-21(35)30-20(15)34/h1-4,6-8,11-12H,5,9H2,(H2,28,30,34,35)/t11-,12+/m1/s1. The maximum absolute atomic E-state index is 14.7. The van der Waals surface area contributed by atoms with Gasteiger partial charge >= 0.3 is 11.9 Å². The van der Waals surface area contributed by atoms with Crippen LogP contribution in [0.3, 0.4) is 0 Å². The Hall–Kier alpha value is -4.29. The summed E-state index contributed by atoms with van der Waals surface area (Å²) in [6.07, 6.45) is 1.63. The summed E-state index contributed by atoms with van der Waals surface area (Å²) in [4.78, 5) is 32.6. The quantitative estimate of drug-likeness (QED) is 0.380. The molecule has 4 aromatic heterocycles. The van der Waals surface area contributed by atoms with Crippen molar-refractivity contribution in [2.45, 2.75) is 31.0 Å². The van der Waals surface area contributed by atoms with E-state index in [2.05, 4.69) is 25.1 Å². The molecule has 1 aromatic carbocycles. The summed E-state index contributed by atoms with van der Waals surface area (Å²) >= 11 is 0. The molecule has 1 saturated carbocycles. The van der Waals surface area contributed by atoms with E-state index in [1.165, 1.54) is 16.8 Å². The van der Waals surface area contributed by atoms with Crippen LogP contribution in [0.15, 0.2) is 52.6 Å². The predicted molar refractivity (Wildman–Crippen MR) is 116 cm³/mol. The second kappa shape index (κ2) is 7.35. The van der Waals surface area contributed by atoms with Gasteiger partial charge < -0.3 is 4.98 Å². The minimum atomic E-state index is -4.49. The molecule has 0 saturated heterocycles. The minimum Gasteiger partial charge on any atom is -0.313 e.